The second kappa shape index (κ2) is 8.16. The number of para-hydroxylation sites is 2. The van der Waals surface area contributed by atoms with Gasteiger partial charge in [0.05, 0.1) is 27.0 Å². The molecule has 0 saturated heterocycles. The van der Waals surface area contributed by atoms with Gasteiger partial charge in [0.15, 0.2) is 5.11 Å². The van der Waals surface area contributed by atoms with E-state index in [-0.39, 0.29) is 11.0 Å². The van der Waals surface area contributed by atoms with Crippen LogP contribution in [0.1, 0.15) is 10.4 Å². The molecule has 0 radical (unpaired) electrons. The van der Waals surface area contributed by atoms with Gasteiger partial charge in [-0.1, -0.05) is 12.1 Å². The SMILES string of the molecule is COc1cc(OC)cc(C(=O)NC(=S)Nc2ccccc2OC)c1. The summed E-state index contributed by atoms with van der Waals surface area (Å²) in [6.07, 6.45) is 0. The highest BCUT2D eigenvalue weighted by Crippen LogP contribution is 2.24. The molecule has 0 aliphatic heterocycles. The topological polar surface area (TPSA) is 68.8 Å². The second-order valence-corrected chi connectivity index (χ2v) is 5.12. The first-order valence-electron chi connectivity index (χ1n) is 7.05. The van der Waals surface area contributed by atoms with Gasteiger partial charge in [0, 0.05) is 11.6 Å². The Hall–Kier alpha value is -2.80. The fraction of sp³-hybridized carbons (Fsp3) is 0.176. The van der Waals surface area contributed by atoms with Gasteiger partial charge in [-0.2, -0.15) is 0 Å². The van der Waals surface area contributed by atoms with E-state index >= 15 is 0 Å². The first-order valence-corrected chi connectivity index (χ1v) is 7.46. The predicted octanol–water partition coefficient (Wildman–Crippen LogP) is 2.84. The molecule has 0 unspecified atom stereocenters. The van der Waals surface area contributed by atoms with Crippen LogP contribution in [0.15, 0.2) is 42.5 Å². The molecule has 0 spiro atoms. The average molecular weight is 346 g/mol. The van der Waals surface area contributed by atoms with Crippen molar-refractivity contribution in [3.8, 4) is 17.2 Å². The number of ether oxygens (including phenoxy) is 3. The normalized spacial score (nSPS) is 9.79. The number of methoxy groups -OCH3 is 3. The number of carbonyl (C=O) groups excluding carboxylic acids is 1. The zero-order valence-corrected chi connectivity index (χ0v) is 14.4. The number of nitrogens with one attached hydrogen (secondary N) is 2. The van der Waals surface area contributed by atoms with Crippen molar-refractivity contribution >= 4 is 28.9 Å². The molecular weight excluding hydrogens is 328 g/mol. The van der Waals surface area contributed by atoms with Crippen molar-refractivity contribution in [1.29, 1.82) is 0 Å². The molecular formula is C17H18N2O4S. The van der Waals surface area contributed by atoms with E-state index in [1.165, 1.54) is 14.2 Å². The maximum absolute atomic E-state index is 12.4. The van der Waals surface area contributed by atoms with Crippen LogP contribution in [-0.4, -0.2) is 32.3 Å². The molecule has 2 rings (SSSR count). The minimum Gasteiger partial charge on any atom is -0.497 e. The first kappa shape index (κ1) is 17.6. The van der Waals surface area contributed by atoms with Crippen LogP contribution in [-0.2, 0) is 0 Å². The number of anilines is 1. The van der Waals surface area contributed by atoms with Gasteiger partial charge in [0.1, 0.15) is 17.2 Å². The lowest BCUT2D eigenvalue weighted by molar-refractivity contribution is 0.0977. The van der Waals surface area contributed by atoms with Crippen LogP contribution in [0, 0.1) is 0 Å². The summed E-state index contributed by atoms with van der Waals surface area (Å²) in [6.45, 7) is 0. The molecule has 24 heavy (non-hydrogen) atoms. The summed E-state index contributed by atoms with van der Waals surface area (Å²) in [4.78, 5) is 12.4. The zero-order chi connectivity index (χ0) is 17.5. The number of hydrogen-bond donors (Lipinski definition) is 2. The molecule has 0 heterocycles. The van der Waals surface area contributed by atoms with Crippen LogP contribution in [0.4, 0.5) is 5.69 Å². The highest BCUT2D eigenvalue weighted by molar-refractivity contribution is 7.80. The van der Waals surface area contributed by atoms with E-state index in [1.807, 2.05) is 12.1 Å². The van der Waals surface area contributed by atoms with E-state index in [1.54, 1.807) is 37.4 Å². The number of thiocarbonyl (C=S) groups is 1. The molecule has 1 amide bonds. The van der Waals surface area contributed by atoms with Crippen LogP contribution in [0.25, 0.3) is 0 Å². The molecule has 126 valence electrons. The minimum atomic E-state index is -0.375. The van der Waals surface area contributed by atoms with Gasteiger partial charge < -0.3 is 19.5 Å². The number of benzene rings is 2. The van der Waals surface area contributed by atoms with Gasteiger partial charge in [-0.15, -0.1) is 0 Å². The Morgan fingerprint density at radius 3 is 2.17 bits per heavy atom. The molecule has 0 atom stereocenters. The highest BCUT2D eigenvalue weighted by atomic mass is 32.1. The van der Waals surface area contributed by atoms with Crippen molar-refractivity contribution in [1.82, 2.24) is 5.32 Å². The molecule has 0 aliphatic rings. The Labute approximate surface area is 145 Å². The quantitative estimate of drug-likeness (QED) is 0.812. The van der Waals surface area contributed by atoms with E-state index in [2.05, 4.69) is 10.6 Å². The Balaban J connectivity index is 2.10. The smallest absolute Gasteiger partial charge is 0.257 e. The van der Waals surface area contributed by atoms with Gasteiger partial charge >= 0.3 is 0 Å². The van der Waals surface area contributed by atoms with Gasteiger partial charge in [0.2, 0.25) is 0 Å². The molecule has 0 aliphatic carbocycles. The number of hydrogen-bond acceptors (Lipinski definition) is 5. The second-order valence-electron chi connectivity index (χ2n) is 4.71. The van der Waals surface area contributed by atoms with Crippen molar-refractivity contribution in [2.24, 2.45) is 0 Å². The maximum atomic E-state index is 12.4. The summed E-state index contributed by atoms with van der Waals surface area (Å²) >= 11 is 5.18. The Morgan fingerprint density at radius 2 is 1.58 bits per heavy atom. The van der Waals surface area contributed by atoms with Crippen molar-refractivity contribution in [3.63, 3.8) is 0 Å². The lowest BCUT2D eigenvalue weighted by Gasteiger charge is -2.13. The summed E-state index contributed by atoms with van der Waals surface area (Å²) in [5.41, 5.74) is 1.03. The van der Waals surface area contributed by atoms with Crippen LogP contribution in [0.2, 0.25) is 0 Å². The van der Waals surface area contributed by atoms with Gasteiger partial charge in [-0.3, -0.25) is 10.1 Å². The third kappa shape index (κ3) is 4.36. The van der Waals surface area contributed by atoms with Crippen molar-refractivity contribution in [3.05, 3.63) is 48.0 Å². The van der Waals surface area contributed by atoms with Crippen LogP contribution >= 0.6 is 12.2 Å². The summed E-state index contributed by atoms with van der Waals surface area (Å²) in [5.74, 6) is 1.28. The summed E-state index contributed by atoms with van der Waals surface area (Å²) in [7, 11) is 4.60. The Morgan fingerprint density at radius 1 is 0.958 bits per heavy atom. The third-order valence-electron chi connectivity index (χ3n) is 3.20. The fourth-order valence-electron chi connectivity index (χ4n) is 2.02. The van der Waals surface area contributed by atoms with Gasteiger partial charge in [-0.25, -0.2) is 0 Å². The predicted molar refractivity (Wildman–Crippen MR) is 96.2 cm³/mol. The van der Waals surface area contributed by atoms with E-state index < -0.39 is 0 Å². The Bertz CT molecular complexity index is 727. The zero-order valence-electron chi connectivity index (χ0n) is 13.6. The van der Waals surface area contributed by atoms with Crippen LogP contribution in [0.3, 0.4) is 0 Å². The molecule has 2 aromatic carbocycles. The molecule has 7 heteroatoms. The molecule has 0 bridgehead atoms. The van der Waals surface area contributed by atoms with E-state index in [0.29, 0.717) is 28.5 Å². The molecule has 0 fully saturated rings. The minimum absolute atomic E-state index is 0.159. The number of amides is 1. The summed E-state index contributed by atoms with van der Waals surface area (Å²) in [5, 5.41) is 5.70. The molecule has 6 nitrogen and oxygen atoms in total. The molecule has 0 saturated carbocycles. The fourth-order valence-corrected chi connectivity index (χ4v) is 2.22. The number of carbonyl (C=O) groups is 1. The van der Waals surface area contributed by atoms with E-state index in [9.17, 15) is 4.79 Å². The van der Waals surface area contributed by atoms with E-state index in [0.717, 1.165) is 0 Å². The maximum Gasteiger partial charge on any atom is 0.257 e. The van der Waals surface area contributed by atoms with Crippen LogP contribution in [0.5, 0.6) is 17.2 Å². The lowest BCUT2D eigenvalue weighted by Crippen LogP contribution is -2.34. The van der Waals surface area contributed by atoms with Crippen LogP contribution < -0.4 is 24.8 Å². The average Bonchev–Trinajstić information content (AvgIpc) is 2.61. The van der Waals surface area contributed by atoms with Crippen molar-refractivity contribution in [2.45, 2.75) is 0 Å². The Kier molecular flexibility index (Phi) is 5.97. The third-order valence-corrected chi connectivity index (χ3v) is 3.40. The number of rotatable bonds is 5. The standard InChI is InChI=1S/C17H18N2O4S/c1-21-12-8-11(9-13(10-12)22-2)16(20)19-17(24)18-14-6-4-5-7-15(14)23-3/h4-10H,1-3H3,(H2,18,19,20,24). The van der Waals surface area contributed by atoms with Gasteiger partial charge in [-0.05, 0) is 36.5 Å². The summed E-state index contributed by atoms with van der Waals surface area (Å²) in [6, 6.07) is 12.2. The summed E-state index contributed by atoms with van der Waals surface area (Å²) < 4.78 is 15.5. The van der Waals surface area contributed by atoms with E-state index in [4.69, 9.17) is 26.4 Å². The van der Waals surface area contributed by atoms with Crippen molar-refractivity contribution < 1.29 is 19.0 Å². The first-order chi connectivity index (χ1) is 11.6. The lowest BCUT2D eigenvalue weighted by atomic mass is 10.2. The molecule has 2 aromatic rings. The molecule has 2 N–H and O–H groups in total. The largest absolute Gasteiger partial charge is 0.497 e. The van der Waals surface area contributed by atoms with Crippen molar-refractivity contribution in [2.75, 3.05) is 26.6 Å². The van der Waals surface area contributed by atoms with Gasteiger partial charge in [0.25, 0.3) is 5.91 Å². The highest BCUT2D eigenvalue weighted by Gasteiger charge is 2.12. The molecule has 0 aromatic heterocycles. The monoisotopic (exact) mass is 346 g/mol.